The Hall–Kier alpha value is -1.56. The van der Waals surface area contributed by atoms with Gasteiger partial charge < -0.3 is 16.0 Å². The average molecular weight is 354 g/mol. The summed E-state index contributed by atoms with van der Waals surface area (Å²) < 4.78 is 1.00. The van der Waals surface area contributed by atoms with Gasteiger partial charge in [0, 0.05) is 29.7 Å². The fraction of sp³-hybridized carbons (Fsp3) is 0.467. The van der Waals surface area contributed by atoms with Crippen LogP contribution in [0.1, 0.15) is 28.8 Å². The molecule has 1 aromatic rings. The Balaban J connectivity index is 2.01. The molecule has 1 aromatic carbocycles. The topological polar surface area (TPSA) is 75.4 Å². The smallest absolute Gasteiger partial charge is 0.312 e. The second-order valence-electron chi connectivity index (χ2n) is 5.47. The lowest BCUT2D eigenvalue weighted by molar-refractivity contribution is 0.0675. The lowest BCUT2D eigenvalue weighted by atomic mass is 9.97. The van der Waals surface area contributed by atoms with E-state index in [0.29, 0.717) is 18.7 Å². The predicted octanol–water partition coefficient (Wildman–Crippen LogP) is 2.28. The van der Waals surface area contributed by atoms with Crippen LogP contribution in [0.3, 0.4) is 0 Å². The molecule has 2 rings (SSSR count). The molecule has 114 valence electrons. The number of carbonyl (C=O) groups excluding carboxylic acids is 2. The third kappa shape index (κ3) is 4.20. The molecule has 21 heavy (non-hydrogen) atoms. The lowest BCUT2D eigenvalue weighted by Gasteiger charge is -2.33. The van der Waals surface area contributed by atoms with Gasteiger partial charge in [0.15, 0.2) is 0 Å². The van der Waals surface area contributed by atoms with Crippen LogP contribution in [-0.4, -0.2) is 36.5 Å². The van der Waals surface area contributed by atoms with E-state index in [4.69, 9.17) is 5.73 Å². The van der Waals surface area contributed by atoms with Gasteiger partial charge in [-0.3, -0.25) is 4.79 Å². The summed E-state index contributed by atoms with van der Waals surface area (Å²) in [6.45, 7) is 3.92. The normalized spacial score (nSPS) is 18.4. The molecule has 1 heterocycles. The molecule has 1 atom stereocenters. The van der Waals surface area contributed by atoms with E-state index in [2.05, 4.69) is 21.2 Å². The first-order valence-electron chi connectivity index (χ1n) is 7.06. The van der Waals surface area contributed by atoms with Crippen molar-refractivity contribution in [3.8, 4) is 0 Å². The maximum absolute atomic E-state index is 12.5. The van der Waals surface area contributed by atoms with Crippen molar-refractivity contribution in [1.29, 1.82) is 0 Å². The number of benzene rings is 1. The molecule has 1 aliphatic rings. The summed E-state index contributed by atoms with van der Waals surface area (Å²) in [6, 6.07) is 5.13. The molecule has 1 saturated heterocycles. The van der Waals surface area contributed by atoms with Gasteiger partial charge in [0.2, 0.25) is 0 Å². The molecule has 1 aliphatic heterocycles. The Labute approximate surface area is 133 Å². The Morgan fingerprint density at radius 3 is 2.90 bits per heavy atom. The summed E-state index contributed by atoms with van der Waals surface area (Å²) in [4.78, 5) is 25.2. The predicted molar refractivity (Wildman–Crippen MR) is 85.1 cm³/mol. The number of likely N-dealkylation sites (tertiary alicyclic amines) is 1. The van der Waals surface area contributed by atoms with Gasteiger partial charge in [-0.2, -0.15) is 0 Å². The maximum atomic E-state index is 12.5. The zero-order valence-corrected chi connectivity index (χ0v) is 13.6. The number of piperidine rings is 1. The molecule has 1 unspecified atom stereocenters. The molecular formula is C15H20BrN3O2. The number of amides is 3. The maximum Gasteiger partial charge on any atom is 0.312 e. The van der Waals surface area contributed by atoms with E-state index < -0.39 is 6.03 Å². The molecule has 0 bridgehead atoms. The van der Waals surface area contributed by atoms with Gasteiger partial charge in [-0.15, -0.1) is 0 Å². The molecule has 0 aromatic heterocycles. The summed E-state index contributed by atoms with van der Waals surface area (Å²) in [5, 5.41) is 2.63. The van der Waals surface area contributed by atoms with Crippen molar-refractivity contribution in [2.45, 2.75) is 19.8 Å². The van der Waals surface area contributed by atoms with Crippen molar-refractivity contribution in [3.05, 3.63) is 33.8 Å². The van der Waals surface area contributed by atoms with E-state index in [0.717, 1.165) is 29.4 Å². The highest BCUT2D eigenvalue weighted by atomic mass is 79.9. The van der Waals surface area contributed by atoms with Crippen LogP contribution in [0.15, 0.2) is 22.7 Å². The fourth-order valence-electron chi connectivity index (χ4n) is 2.62. The van der Waals surface area contributed by atoms with Gasteiger partial charge >= 0.3 is 6.03 Å². The van der Waals surface area contributed by atoms with E-state index in [9.17, 15) is 9.59 Å². The number of primary amides is 1. The number of urea groups is 1. The third-order valence-corrected chi connectivity index (χ3v) is 4.67. The average Bonchev–Trinajstić information content (AvgIpc) is 2.47. The SMILES string of the molecule is Cc1cc(C(=O)N2CCCC(CNC(N)=O)C2)ccc1Br. The van der Waals surface area contributed by atoms with Gasteiger partial charge in [0.05, 0.1) is 0 Å². The molecule has 0 saturated carbocycles. The number of nitrogens with two attached hydrogens (primary N) is 1. The van der Waals surface area contributed by atoms with Gasteiger partial charge in [-0.05, 0) is 49.4 Å². The molecule has 3 N–H and O–H groups in total. The number of nitrogens with one attached hydrogen (secondary N) is 1. The highest BCUT2D eigenvalue weighted by Crippen LogP contribution is 2.21. The minimum atomic E-state index is -0.512. The van der Waals surface area contributed by atoms with Crippen LogP contribution in [0.5, 0.6) is 0 Å². The zero-order chi connectivity index (χ0) is 15.4. The highest BCUT2D eigenvalue weighted by Gasteiger charge is 2.24. The van der Waals surface area contributed by atoms with Crippen LogP contribution in [0.4, 0.5) is 4.79 Å². The monoisotopic (exact) mass is 353 g/mol. The van der Waals surface area contributed by atoms with Crippen LogP contribution in [0.2, 0.25) is 0 Å². The molecule has 0 aliphatic carbocycles. The van der Waals surface area contributed by atoms with E-state index in [-0.39, 0.29) is 11.8 Å². The van der Waals surface area contributed by atoms with Crippen molar-refractivity contribution in [3.63, 3.8) is 0 Å². The number of hydrogen-bond acceptors (Lipinski definition) is 2. The summed E-state index contributed by atoms with van der Waals surface area (Å²) >= 11 is 3.44. The van der Waals surface area contributed by atoms with E-state index in [1.165, 1.54) is 0 Å². The summed E-state index contributed by atoms with van der Waals surface area (Å²) in [6.07, 6.45) is 1.95. The summed E-state index contributed by atoms with van der Waals surface area (Å²) in [5.74, 6) is 0.320. The first-order valence-corrected chi connectivity index (χ1v) is 7.85. The zero-order valence-electron chi connectivity index (χ0n) is 12.1. The molecule has 5 nitrogen and oxygen atoms in total. The van der Waals surface area contributed by atoms with Gasteiger partial charge in [-0.1, -0.05) is 15.9 Å². The third-order valence-electron chi connectivity index (χ3n) is 3.78. The number of nitrogens with zero attached hydrogens (tertiary/aromatic N) is 1. The Bertz CT molecular complexity index is 548. The van der Waals surface area contributed by atoms with E-state index in [1.807, 2.05) is 30.0 Å². The van der Waals surface area contributed by atoms with E-state index >= 15 is 0 Å². The first-order chi connectivity index (χ1) is 9.97. The van der Waals surface area contributed by atoms with Gasteiger partial charge in [-0.25, -0.2) is 4.79 Å². The second-order valence-corrected chi connectivity index (χ2v) is 6.32. The van der Waals surface area contributed by atoms with Crippen LogP contribution in [-0.2, 0) is 0 Å². The van der Waals surface area contributed by atoms with Crippen molar-refractivity contribution in [2.24, 2.45) is 11.7 Å². The van der Waals surface area contributed by atoms with Gasteiger partial charge in [0.1, 0.15) is 0 Å². The molecule has 6 heteroatoms. The molecule has 0 spiro atoms. The standard InChI is InChI=1S/C15H20BrN3O2/c1-10-7-12(4-5-13(10)16)14(20)19-6-2-3-11(9-19)8-18-15(17)21/h4-5,7,11H,2-3,6,8-9H2,1H3,(H3,17,18,21). The number of halogens is 1. The van der Waals surface area contributed by atoms with Gasteiger partial charge in [0.25, 0.3) is 5.91 Å². The van der Waals surface area contributed by atoms with E-state index in [1.54, 1.807) is 0 Å². The molecule has 1 fully saturated rings. The minimum Gasteiger partial charge on any atom is -0.352 e. The highest BCUT2D eigenvalue weighted by molar-refractivity contribution is 9.10. The Morgan fingerprint density at radius 2 is 2.24 bits per heavy atom. The van der Waals surface area contributed by atoms with Crippen LogP contribution in [0, 0.1) is 12.8 Å². The van der Waals surface area contributed by atoms with Crippen LogP contribution >= 0.6 is 15.9 Å². The van der Waals surface area contributed by atoms with Crippen molar-refractivity contribution < 1.29 is 9.59 Å². The molecule has 3 amide bonds. The largest absolute Gasteiger partial charge is 0.352 e. The lowest BCUT2D eigenvalue weighted by Crippen LogP contribution is -2.44. The number of carbonyl (C=O) groups is 2. The number of rotatable bonds is 3. The van der Waals surface area contributed by atoms with Crippen molar-refractivity contribution >= 4 is 27.9 Å². The number of aryl methyl sites for hydroxylation is 1. The quantitative estimate of drug-likeness (QED) is 0.874. The number of hydrogen-bond donors (Lipinski definition) is 2. The molecule has 0 radical (unpaired) electrons. The minimum absolute atomic E-state index is 0.0503. The summed E-state index contributed by atoms with van der Waals surface area (Å²) in [7, 11) is 0. The summed E-state index contributed by atoms with van der Waals surface area (Å²) in [5.41, 5.74) is 6.84. The second kappa shape index (κ2) is 6.93. The molecular weight excluding hydrogens is 334 g/mol. The fourth-order valence-corrected chi connectivity index (χ4v) is 2.87. The van der Waals surface area contributed by atoms with Crippen LogP contribution in [0.25, 0.3) is 0 Å². The van der Waals surface area contributed by atoms with Crippen molar-refractivity contribution in [1.82, 2.24) is 10.2 Å². The Kier molecular flexibility index (Phi) is 5.22. The van der Waals surface area contributed by atoms with Crippen molar-refractivity contribution in [2.75, 3.05) is 19.6 Å². The Morgan fingerprint density at radius 1 is 1.48 bits per heavy atom. The van der Waals surface area contributed by atoms with Crippen LogP contribution < -0.4 is 11.1 Å². The first kappa shape index (κ1) is 15.8.